The first-order valence-corrected chi connectivity index (χ1v) is 7.45. The molecule has 0 fully saturated rings. The highest BCUT2D eigenvalue weighted by Gasteiger charge is 2.08. The number of para-hydroxylation sites is 2. The zero-order valence-corrected chi connectivity index (χ0v) is 13.2. The van der Waals surface area contributed by atoms with Crippen LogP contribution in [0.3, 0.4) is 0 Å². The van der Waals surface area contributed by atoms with Gasteiger partial charge in [-0.25, -0.2) is 9.37 Å². The van der Waals surface area contributed by atoms with Crippen molar-refractivity contribution >= 4 is 46.3 Å². The molecule has 1 aromatic heterocycles. The summed E-state index contributed by atoms with van der Waals surface area (Å²) in [7, 11) is 0. The van der Waals surface area contributed by atoms with E-state index < -0.39 is 0 Å². The van der Waals surface area contributed by atoms with E-state index in [1.54, 1.807) is 48.7 Å². The lowest BCUT2D eigenvalue weighted by atomic mass is 10.3. The highest BCUT2D eigenvalue weighted by molar-refractivity contribution is 6.39. The van der Waals surface area contributed by atoms with Gasteiger partial charge >= 0.3 is 0 Å². The molecule has 3 rings (SSSR count). The Bertz CT molecular complexity index is 822. The minimum Gasteiger partial charge on any atom is -0.338 e. The number of aromatic nitrogens is 2. The van der Waals surface area contributed by atoms with E-state index in [1.807, 2.05) is 0 Å². The van der Waals surface area contributed by atoms with Gasteiger partial charge in [0.15, 0.2) is 0 Å². The van der Waals surface area contributed by atoms with Crippen LogP contribution in [0.1, 0.15) is 0 Å². The summed E-state index contributed by atoms with van der Waals surface area (Å²) in [4.78, 5) is 8.34. The van der Waals surface area contributed by atoms with Gasteiger partial charge in [0.1, 0.15) is 11.6 Å². The topological polar surface area (TPSA) is 49.8 Å². The van der Waals surface area contributed by atoms with Crippen LogP contribution in [0.25, 0.3) is 0 Å². The van der Waals surface area contributed by atoms with Crippen molar-refractivity contribution in [3.05, 3.63) is 70.6 Å². The van der Waals surface area contributed by atoms with Gasteiger partial charge in [0.05, 0.1) is 21.4 Å². The molecule has 0 aliphatic heterocycles. The molecule has 1 heterocycles. The molecule has 7 heteroatoms. The minimum absolute atomic E-state index is 0.253. The van der Waals surface area contributed by atoms with Crippen LogP contribution < -0.4 is 10.6 Å². The predicted octanol–water partition coefficient (Wildman–Crippen LogP) is 5.41. The van der Waals surface area contributed by atoms with Gasteiger partial charge in [0.25, 0.3) is 0 Å². The Morgan fingerprint density at radius 2 is 1.61 bits per heavy atom. The van der Waals surface area contributed by atoms with Gasteiger partial charge in [-0.2, -0.15) is 4.98 Å². The Balaban J connectivity index is 1.84. The third-order valence-electron chi connectivity index (χ3n) is 2.99. The van der Waals surface area contributed by atoms with Crippen LogP contribution >= 0.6 is 23.2 Å². The SMILES string of the molecule is Fc1ccccc1Nc1nccc(Nc2c(Cl)cccc2Cl)n1. The number of nitrogens with zero attached hydrogens (tertiary/aromatic N) is 2. The van der Waals surface area contributed by atoms with Crippen molar-refractivity contribution in [2.45, 2.75) is 0 Å². The lowest BCUT2D eigenvalue weighted by molar-refractivity contribution is 0.631. The Labute approximate surface area is 142 Å². The molecule has 0 saturated heterocycles. The maximum absolute atomic E-state index is 13.7. The standard InChI is InChI=1S/C16H11Cl2FN4/c17-10-4-3-5-11(18)15(10)22-14-8-9-20-16(23-14)21-13-7-2-1-6-12(13)19/h1-9H,(H2,20,21,22,23). The van der Waals surface area contributed by atoms with Crippen molar-refractivity contribution in [3.8, 4) is 0 Å². The second kappa shape index (κ2) is 6.81. The van der Waals surface area contributed by atoms with E-state index in [1.165, 1.54) is 6.07 Å². The normalized spacial score (nSPS) is 10.4. The van der Waals surface area contributed by atoms with Gasteiger partial charge < -0.3 is 10.6 Å². The maximum Gasteiger partial charge on any atom is 0.229 e. The molecule has 0 spiro atoms. The van der Waals surface area contributed by atoms with Crippen molar-refractivity contribution in [1.82, 2.24) is 9.97 Å². The molecular weight excluding hydrogens is 338 g/mol. The lowest BCUT2D eigenvalue weighted by Gasteiger charge is -2.11. The van der Waals surface area contributed by atoms with Crippen LogP contribution in [-0.4, -0.2) is 9.97 Å². The van der Waals surface area contributed by atoms with E-state index in [4.69, 9.17) is 23.2 Å². The largest absolute Gasteiger partial charge is 0.338 e. The van der Waals surface area contributed by atoms with Gasteiger partial charge in [-0.1, -0.05) is 41.4 Å². The molecule has 0 bridgehead atoms. The zero-order chi connectivity index (χ0) is 16.2. The van der Waals surface area contributed by atoms with Crippen molar-refractivity contribution in [2.24, 2.45) is 0 Å². The summed E-state index contributed by atoms with van der Waals surface area (Å²) in [5.74, 6) is 0.348. The highest BCUT2D eigenvalue weighted by atomic mass is 35.5. The maximum atomic E-state index is 13.7. The van der Waals surface area contributed by atoms with Crippen LogP contribution in [0, 0.1) is 5.82 Å². The van der Waals surface area contributed by atoms with Crippen LogP contribution in [0.15, 0.2) is 54.7 Å². The monoisotopic (exact) mass is 348 g/mol. The number of rotatable bonds is 4. The molecule has 23 heavy (non-hydrogen) atoms. The van der Waals surface area contributed by atoms with Crippen molar-refractivity contribution in [3.63, 3.8) is 0 Å². The average Bonchev–Trinajstić information content (AvgIpc) is 2.54. The molecule has 0 atom stereocenters. The first-order valence-electron chi connectivity index (χ1n) is 6.69. The Morgan fingerprint density at radius 1 is 0.870 bits per heavy atom. The number of halogens is 3. The Morgan fingerprint density at radius 3 is 2.35 bits per heavy atom. The molecular formula is C16H11Cl2FN4. The van der Waals surface area contributed by atoms with Crippen LogP contribution in [0.5, 0.6) is 0 Å². The van der Waals surface area contributed by atoms with E-state index in [2.05, 4.69) is 20.6 Å². The molecule has 4 nitrogen and oxygen atoms in total. The summed E-state index contributed by atoms with van der Waals surface area (Å²) in [5.41, 5.74) is 0.840. The summed E-state index contributed by atoms with van der Waals surface area (Å²) in [6.45, 7) is 0. The van der Waals surface area contributed by atoms with Gasteiger partial charge in [-0.3, -0.25) is 0 Å². The average molecular weight is 349 g/mol. The fourth-order valence-electron chi connectivity index (χ4n) is 1.92. The molecule has 0 aliphatic rings. The summed E-state index contributed by atoms with van der Waals surface area (Å²) in [6.07, 6.45) is 1.54. The number of anilines is 4. The van der Waals surface area contributed by atoms with E-state index in [0.29, 0.717) is 27.2 Å². The molecule has 0 amide bonds. The highest BCUT2D eigenvalue weighted by Crippen LogP contribution is 2.32. The second-order valence-corrected chi connectivity index (χ2v) is 5.41. The Kier molecular flexibility index (Phi) is 4.60. The summed E-state index contributed by atoms with van der Waals surface area (Å²) in [6, 6.07) is 13.1. The minimum atomic E-state index is -0.386. The number of hydrogen-bond donors (Lipinski definition) is 2. The van der Waals surface area contributed by atoms with Crippen LogP contribution in [0.4, 0.5) is 27.5 Å². The third-order valence-corrected chi connectivity index (χ3v) is 3.62. The molecule has 0 saturated carbocycles. The molecule has 3 aromatic rings. The quantitative estimate of drug-likeness (QED) is 0.661. The molecule has 0 aliphatic carbocycles. The van der Waals surface area contributed by atoms with Gasteiger partial charge in [-0.15, -0.1) is 0 Å². The fourth-order valence-corrected chi connectivity index (χ4v) is 2.41. The summed E-state index contributed by atoms with van der Waals surface area (Å²) >= 11 is 12.2. The molecule has 0 radical (unpaired) electrons. The molecule has 2 aromatic carbocycles. The first kappa shape index (κ1) is 15.5. The van der Waals surface area contributed by atoms with Crippen molar-refractivity contribution in [2.75, 3.05) is 10.6 Å². The predicted molar refractivity (Wildman–Crippen MR) is 91.5 cm³/mol. The second-order valence-electron chi connectivity index (χ2n) is 4.59. The van der Waals surface area contributed by atoms with E-state index >= 15 is 0 Å². The van der Waals surface area contributed by atoms with Gasteiger partial charge in [0.2, 0.25) is 5.95 Å². The van der Waals surface area contributed by atoms with E-state index in [0.717, 1.165) is 0 Å². The van der Waals surface area contributed by atoms with E-state index in [-0.39, 0.29) is 11.8 Å². The smallest absolute Gasteiger partial charge is 0.229 e. The number of hydrogen-bond acceptors (Lipinski definition) is 4. The van der Waals surface area contributed by atoms with Crippen LogP contribution in [-0.2, 0) is 0 Å². The lowest BCUT2D eigenvalue weighted by Crippen LogP contribution is -2.02. The van der Waals surface area contributed by atoms with Crippen molar-refractivity contribution < 1.29 is 4.39 Å². The number of nitrogens with one attached hydrogen (secondary N) is 2. The fraction of sp³-hybridized carbons (Fsp3) is 0. The van der Waals surface area contributed by atoms with Crippen molar-refractivity contribution in [1.29, 1.82) is 0 Å². The van der Waals surface area contributed by atoms with Gasteiger partial charge in [-0.05, 0) is 30.3 Å². The Hall–Kier alpha value is -2.37. The zero-order valence-electron chi connectivity index (χ0n) is 11.7. The van der Waals surface area contributed by atoms with E-state index in [9.17, 15) is 4.39 Å². The molecule has 116 valence electrons. The number of benzene rings is 2. The first-order chi connectivity index (χ1) is 11.1. The summed E-state index contributed by atoms with van der Waals surface area (Å²) in [5, 5.41) is 6.80. The molecule has 0 unspecified atom stereocenters. The third kappa shape index (κ3) is 3.70. The van der Waals surface area contributed by atoms with Gasteiger partial charge in [0, 0.05) is 6.20 Å². The van der Waals surface area contributed by atoms with Crippen LogP contribution in [0.2, 0.25) is 10.0 Å². The molecule has 2 N–H and O–H groups in total. The summed E-state index contributed by atoms with van der Waals surface area (Å²) < 4.78 is 13.7.